The average molecular weight is 234 g/mol. The molecule has 0 spiro atoms. The van der Waals surface area contributed by atoms with Crippen molar-refractivity contribution in [3.05, 3.63) is 30.3 Å². The maximum Gasteiger partial charge on any atom is 0.0366 e. The summed E-state index contributed by atoms with van der Waals surface area (Å²) in [4.78, 5) is 2.46. The lowest BCUT2D eigenvalue weighted by molar-refractivity contribution is 0.576. The lowest BCUT2D eigenvalue weighted by atomic mass is 10.1. The maximum atomic E-state index is 6.00. The van der Waals surface area contributed by atoms with Crippen molar-refractivity contribution in [3.63, 3.8) is 0 Å². The highest BCUT2D eigenvalue weighted by atomic mass is 15.1. The number of para-hydroxylation sites is 1. The smallest absolute Gasteiger partial charge is 0.0366 e. The Hall–Kier alpha value is -1.02. The van der Waals surface area contributed by atoms with Crippen LogP contribution in [-0.4, -0.2) is 19.1 Å². The maximum absolute atomic E-state index is 6.00. The Balaban J connectivity index is 2.54. The molecule has 96 valence electrons. The summed E-state index contributed by atoms with van der Waals surface area (Å²) in [6, 6.07) is 11.0. The summed E-state index contributed by atoms with van der Waals surface area (Å²) in [6.45, 7) is 6.60. The largest absolute Gasteiger partial charge is 0.371 e. The van der Waals surface area contributed by atoms with Crippen molar-refractivity contribution in [2.75, 3.05) is 18.0 Å². The first kappa shape index (κ1) is 14.0. The molecule has 1 aromatic rings. The highest BCUT2D eigenvalue weighted by Crippen LogP contribution is 2.15. The highest BCUT2D eigenvalue weighted by molar-refractivity contribution is 5.45. The van der Waals surface area contributed by atoms with Crippen molar-refractivity contribution in [1.29, 1.82) is 0 Å². The summed E-state index contributed by atoms with van der Waals surface area (Å²) in [7, 11) is 0. The van der Waals surface area contributed by atoms with Crippen LogP contribution in [-0.2, 0) is 0 Å². The minimum Gasteiger partial charge on any atom is -0.371 e. The zero-order valence-electron chi connectivity index (χ0n) is 11.2. The molecule has 0 aliphatic rings. The third kappa shape index (κ3) is 5.22. The lowest BCUT2D eigenvalue weighted by Crippen LogP contribution is -2.31. The van der Waals surface area contributed by atoms with Gasteiger partial charge in [0.05, 0.1) is 0 Å². The number of unbranched alkanes of at least 4 members (excludes halogenated alkanes) is 1. The molecular formula is C15H26N2. The van der Waals surface area contributed by atoms with Gasteiger partial charge < -0.3 is 10.6 Å². The van der Waals surface area contributed by atoms with E-state index in [0.29, 0.717) is 6.04 Å². The monoisotopic (exact) mass is 234 g/mol. The van der Waals surface area contributed by atoms with Crippen LogP contribution in [0.5, 0.6) is 0 Å². The number of nitrogens with two attached hydrogens (primary N) is 1. The standard InChI is InChI=1S/C15H26N2/c1-3-5-12-17(13-11-14(16)4-2)15-9-7-6-8-10-15/h6-10,14H,3-5,11-13,16H2,1-2H3. The molecule has 0 fully saturated rings. The molecule has 1 unspecified atom stereocenters. The fourth-order valence-corrected chi connectivity index (χ4v) is 1.88. The molecule has 1 rings (SSSR count). The Morgan fingerprint density at radius 1 is 1.12 bits per heavy atom. The third-order valence-corrected chi connectivity index (χ3v) is 3.20. The zero-order valence-corrected chi connectivity index (χ0v) is 11.2. The van der Waals surface area contributed by atoms with Gasteiger partial charge in [-0.2, -0.15) is 0 Å². The van der Waals surface area contributed by atoms with Crippen molar-refractivity contribution in [3.8, 4) is 0 Å². The molecule has 17 heavy (non-hydrogen) atoms. The lowest BCUT2D eigenvalue weighted by Gasteiger charge is -2.26. The molecule has 1 aromatic carbocycles. The molecule has 0 aliphatic heterocycles. The van der Waals surface area contributed by atoms with Gasteiger partial charge in [0.25, 0.3) is 0 Å². The number of rotatable bonds is 8. The van der Waals surface area contributed by atoms with Crippen LogP contribution in [0.3, 0.4) is 0 Å². The van der Waals surface area contributed by atoms with E-state index in [1.807, 2.05) is 0 Å². The second-order valence-corrected chi connectivity index (χ2v) is 4.63. The van der Waals surface area contributed by atoms with E-state index in [9.17, 15) is 0 Å². The Morgan fingerprint density at radius 2 is 1.82 bits per heavy atom. The van der Waals surface area contributed by atoms with Crippen molar-refractivity contribution in [2.45, 2.75) is 45.6 Å². The summed E-state index contributed by atoms with van der Waals surface area (Å²) in [6.07, 6.45) is 4.63. The van der Waals surface area contributed by atoms with E-state index >= 15 is 0 Å². The van der Waals surface area contributed by atoms with Crippen LogP contribution in [0.2, 0.25) is 0 Å². The molecule has 0 saturated carbocycles. The van der Waals surface area contributed by atoms with Crippen molar-refractivity contribution < 1.29 is 0 Å². The fourth-order valence-electron chi connectivity index (χ4n) is 1.88. The predicted molar refractivity (Wildman–Crippen MR) is 76.4 cm³/mol. The van der Waals surface area contributed by atoms with E-state index in [1.165, 1.54) is 18.5 Å². The first-order valence-corrected chi connectivity index (χ1v) is 6.83. The first-order chi connectivity index (χ1) is 8.27. The number of benzene rings is 1. The van der Waals surface area contributed by atoms with Gasteiger partial charge in [-0.1, -0.05) is 38.5 Å². The van der Waals surface area contributed by atoms with E-state index in [2.05, 4.69) is 49.1 Å². The molecule has 0 radical (unpaired) electrons. The molecule has 0 saturated heterocycles. The average Bonchev–Trinajstić information content (AvgIpc) is 2.39. The van der Waals surface area contributed by atoms with Crippen LogP contribution in [0.15, 0.2) is 30.3 Å². The van der Waals surface area contributed by atoms with Gasteiger partial charge in [-0.3, -0.25) is 0 Å². The van der Waals surface area contributed by atoms with Gasteiger partial charge in [0, 0.05) is 24.8 Å². The van der Waals surface area contributed by atoms with Crippen molar-refractivity contribution >= 4 is 5.69 Å². The zero-order chi connectivity index (χ0) is 12.5. The summed E-state index contributed by atoms with van der Waals surface area (Å²) in [5, 5.41) is 0. The SMILES string of the molecule is CCCCN(CCC(N)CC)c1ccccc1. The van der Waals surface area contributed by atoms with E-state index in [4.69, 9.17) is 5.73 Å². The molecule has 2 heteroatoms. The number of nitrogens with zero attached hydrogens (tertiary/aromatic N) is 1. The Morgan fingerprint density at radius 3 is 2.41 bits per heavy atom. The van der Waals surface area contributed by atoms with Crippen molar-refractivity contribution in [1.82, 2.24) is 0 Å². The fraction of sp³-hybridized carbons (Fsp3) is 0.600. The summed E-state index contributed by atoms with van der Waals surface area (Å²) in [5.41, 5.74) is 7.32. The van der Waals surface area contributed by atoms with E-state index in [-0.39, 0.29) is 0 Å². The Bertz CT molecular complexity index is 284. The number of hydrogen-bond donors (Lipinski definition) is 1. The van der Waals surface area contributed by atoms with Crippen LogP contribution in [0.4, 0.5) is 5.69 Å². The quantitative estimate of drug-likeness (QED) is 0.747. The van der Waals surface area contributed by atoms with Gasteiger partial charge in [-0.15, -0.1) is 0 Å². The van der Waals surface area contributed by atoms with Gasteiger partial charge in [0.2, 0.25) is 0 Å². The Labute approximate surface area is 106 Å². The topological polar surface area (TPSA) is 29.3 Å². The van der Waals surface area contributed by atoms with Gasteiger partial charge in [0.1, 0.15) is 0 Å². The summed E-state index contributed by atoms with van der Waals surface area (Å²) < 4.78 is 0. The van der Waals surface area contributed by atoms with Crippen LogP contribution < -0.4 is 10.6 Å². The van der Waals surface area contributed by atoms with Gasteiger partial charge in [-0.05, 0) is 31.4 Å². The van der Waals surface area contributed by atoms with Crippen molar-refractivity contribution in [2.24, 2.45) is 5.73 Å². The molecule has 0 aliphatic carbocycles. The number of anilines is 1. The molecule has 0 heterocycles. The summed E-state index contributed by atoms with van der Waals surface area (Å²) >= 11 is 0. The van der Waals surface area contributed by atoms with Gasteiger partial charge >= 0.3 is 0 Å². The third-order valence-electron chi connectivity index (χ3n) is 3.20. The van der Waals surface area contributed by atoms with Crippen LogP contribution >= 0.6 is 0 Å². The molecule has 0 aromatic heterocycles. The highest BCUT2D eigenvalue weighted by Gasteiger charge is 2.07. The molecule has 1 atom stereocenters. The number of hydrogen-bond acceptors (Lipinski definition) is 2. The van der Waals surface area contributed by atoms with E-state index in [0.717, 1.165) is 25.9 Å². The minimum absolute atomic E-state index is 0.336. The second kappa shape index (κ2) is 8.13. The van der Waals surface area contributed by atoms with Crippen LogP contribution in [0, 0.1) is 0 Å². The Kier molecular flexibility index (Phi) is 6.71. The van der Waals surface area contributed by atoms with E-state index < -0.39 is 0 Å². The normalized spacial score (nSPS) is 12.4. The van der Waals surface area contributed by atoms with Crippen LogP contribution in [0.25, 0.3) is 0 Å². The van der Waals surface area contributed by atoms with Gasteiger partial charge in [0.15, 0.2) is 0 Å². The van der Waals surface area contributed by atoms with E-state index in [1.54, 1.807) is 0 Å². The summed E-state index contributed by atoms with van der Waals surface area (Å²) in [5.74, 6) is 0. The first-order valence-electron chi connectivity index (χ1n) is 6.83. The van der Waals surface area contributed by atoms with Gasteiger partial charge in [-0.25, -0.2) is 0 Å². The molecular weight excluding hydrogens is 208 g/mol. The molecule has 0 amide bonds. The molecule has 0 bridgehead atoms. The molecule has 2 nitrogen and oxygen atoms in total. The second-order valence-electron chi connectivity index (χ2n) is 4.63. The minimum atomic E-state index is 0.336. The molecule has 2 N–H and O–H groups in total. The van der Waals surface area contributed by atoms with Crippen LogP contribution in [0.1, 0.15) is 39.5 Å². The predicted octanol–water partition coefficient (Wildman–Crippen LogP) is 3.42.